The van der Waals surface area contributed by atoms with Crippen LogP contribution in [0.15, 0.2) is 24.3 Å². The highest BCUT2D eigenvalue weighted by Crippen LogP contribution is 2.35. The zero-order chi connectivity index (χ0) is 18.7. The van der Waals surface area contributed by atoms with Crippen LogP contribution in [0.2, 0.25) is 0 Å². The Morgan fingerprint density at radius 3 is 2.30 bits per heavy atom. The molecule has 1 aromatic rings. The lowest BCUT2D eigenvalue weighted by molar-refractivity contribution is -0.0914. The van der Waals surface area contributed by atoms with Crippen molar-refractivity contribution in [2.45, 2.75) is 50.5 Å². The number of ether oxygens (including phenoxy) is 1. The number of anilines is 1. The van der Waals surface area contributed by atoms with Gasteiger partial charge >= 0.3 is 6.03 Å². The van der Waals surface area contributed by atoms with Crippen LogP contribution >= 0.6 is 0 Å². The number of hydrogen-bond donors (Lipinski definition) is 1. The maximum atomic E-state index is 12.7. The second-order valence-corrected chi connectivity index (χ2v) is 8.02. The van der Waals surface area contributed by atoms with Gasteiger partial charge in [0.25, 0.3) is 5.91 Å². The summed E-state index contributed by atoms with van der Waals surface area (Å²) in [5, 5.41) is 2.97. The maximum Gasteiger partial charge on any atom is 0.322 e. The number of carbonyl (C=O) groups is 2. The zero-order valence-electron chi connectivity index (χ0n) is 15.9. The first-order valence-electron chi connectivity index (χ1n) is 10.2. The first kappa shape index (κ1) is 18.3. The van der Waals surface area contributed by atoms with Crippen molar-refractivity contribution in [2.75, 3.05) is 38.1 Å². The third-order valence-corrected chi connectivity index (χ3v) is 6.08. The van der Waals surface area contributed by atoms with Gasteiger partial charge in [0.15, 0.2) is 0 Å². The minimum Gasteiger partial charge on any atom is -0.371 e. The molecule has 6 nitrogen and oxygen atoms in total. The third kappa shape index (κ3) is 4.10. The van der Waals surface area contributed by atoms with Crippen molar-refractivity contribution < 1.29 is 14.3 Å². The van der Waals surface area contributed by atoms with Crippen LogP contribution < -0.4 is 5.32 Å². The minimum atomic E-state index is -0.125. The predicted molar refractivity (Wildman–Crippen MR) is 104 cm³/mol. The Kier molecular flexibility index (Phi) is 5.34. The van der Waals surface area contributed by atoms with Crippen molar-refractivity contribution in [3.05, 3.63) is 29.8 Å². The number of amides is 3. The van der Waals surface area contributed by atoms with Gasteiger partial charge in [-0.25, -0.2) is 4.79 Å². The van der Waals surface area contributed by atoms with Gasteiger partial charge in [-0.1, -0.05) is 12.8 Å². The Morgan fingerprint density at radius 1 is 0.889 bits per heavy atom. The summed E-state index contributed by atoms with van der Waals surface area (Å²) in [5.74, 6) is 0.0870. The molecule has 0 atom stereocenters. The van der Waals surface area contributed by atoms with Gasteiger partial charge in [0, 0.05) is 30.9 Å². The molecule has 2 heterocycles. The molecule has 4 rings (SSSR count). The van der Waals surface area contributed by atoms with E-state index in [-0.39, 0.29) is 17.5 Å². The van der Waals surface area contributed by atoms with Crippen molar-refractivity contribution in [1.29, 1.82) is 0 Å². The third-order valence-electron chi connectivity index (χ3n) is 6.08. The molecule has 1 spiro atoms. The summed E-state index contributed by atoms with van der Waals surface area (Å²) in [6.45, 7) is 3.59. The fraction of sp³-hybridized carbons (Fsp3) is 0.619. The molecule has 1 aliphatic carbocycles. The highest BCUT2D eigenvalue weighted by Gasteiger charge is 2.40. The summed E-state index contributed by atoms with van der Waals surface area (Å²) < 4.78 is 5.99. The summed E-state index contributed by atoms with van der Waals surface area (Å²) in [7, 11) is 0. The Hall–Kier alpha value is -2.08. The summed E-state index contributed by atoms with van der Waals surface area (Å²) >= 11 is 0. The van der Waals surface area contributed by atoms with Gasteiger partial charge in [-0.05, 0) is 56.4 Å². The average Bonchev–Trinajstić information content (AvgIpc) is 3.16. The first-order valence-corrected chi connectivity index (χ1v) is 10.2. The molecule has 0 aromatic heterocycles. The number of carbonyl (C=O) groups excluding carboxylic acids is 2. The molecule has 3 amide bonds. The van der Waals surface area contributed by atoms with E-state index >= 15 is 0 Å². The molecule has 2 saturated heterocycles. The second kappa shape index (κ2) is 7.89. The molecular formula is C21H29N3O3. The molecule has 6 heteroatoms. The molecule has 1 aromatic carbocycles. The Labute approximate surface area is 160 Å². The molecule has 146 valence electrons. The van der Waals surface area contributed by atoms with Crippen LogP contribution in [0.3, 0.4) is 0 Å². The molecule has 0 radical (unpaired) electrons. The zero-order valence-corrected chi connectivity index (χ0v) is 15.9. The van der Waals surface area contributed by atoms with Crippen LogP contribution in [0.4, 0.5) is 10.5 Å². The number of rotatable bonds is 2. The number of nitrogens with zero attached hydrogens (tertiary/aromatic N) is 2. The lowest BCUT2D eigenvalue weighted by Crippen LogP contribution is -2.53. The van der Waals surface area contributed by atoms with Crippen LogP contribution in [-0.4, -0.2) is 60.1 Å². The molecule has 3 fully saturated rings. The lowest BCUT2D eigenvalue weighted by atomic mass is 10.00. The molecule has 27 heavy (non-hydrogen) atoms. The number of morpholine rings is 1. The van der Waals surface area contributed by atoms with Gasteiger partial charge in [-0.3, -0.25) is 4.79 Å². The Balaban J connectivity index is 1.35. The molecule has 0 unspecified atom stereocenters. The Morgan fingerprint density at radius 2 is 1.59 bits per heavy atom. The molecule has 3 aliphatic rings. The SMILES string of the molecule is O=C(Nc1ccc(C(=O)N2CCCCC2)cc1)N1CCOC2(CCCC2)C1. The van der Waals surface area contributed by atoms with Crippen LogP contribution in [0, 0.1) is 0 Å². The van der Waals surface area contributed by atoms with Gasteiger partial charge in [0.1, 0.15) is 0 Å². The van der Waals surface area contributed by atoms with Crippen molar-refractivity contribution in [3.63, 3.8) is 0 Å². The highest BCUT2D eigenvalue weighted by atomic mass is 16.5. The molecule has 0 bridgehead atoms. The second-order valence-electron chi connectivity index (χ2n) is 8.02. The monoisotopic (exact) mass is 371 g/mol. The summed E-state index contributed by atoms with van der Waals surface area (Å²) in [6, 6.07) is 7.18. The summed E-state index contributed by atoms with van der Waals surface area (Å²) in [5.41, 5.74) is 1.29. The van der Waals surface area contributed by atoms with E-state index in [1.807, 2.05) is 34.1 Å². The quantitative estimate of drug-likeness (QED) is 0.866. The Bertz CT molecular complexity index is 676. The number of hydrogen-bond acceptors (Lipinski definition) is 3. The van der Waals surface area contributed by atoms with E-state index in [1.165, 1.54) is 19.3 Å². The van der Waals surface area contributed by atoms with Crippen molar-refractivity contribution in [1.82, 2.24) is 9.80 Å². The number of nitrogens with one attached hydrogen (secondary N) is 1. The smallest absolute Gasteiger partial charge is 0.322 e. The van der Waals surface area contributed by atoms with E-state index in [2.05, 4.69) is 5.32 Å². The maximum absolute atomic E-state index is 12.7. The van der Waals surface area contributed by atoms with Crippen molar-refractivity contribution >= 4 is 17.6 Å². The van der Waals surface area contributed by atoms with Gasteiger partial charge in [-0.15, -0.1) is 0 Å². The summed E-state index contributed by atoms with van der Waals surface area (Å²) in [6.07, 6.45) is 7.83. The van der Waals surface area contributed by atoms with Crippen LogP contribution in [0.25, 0.3) is 0 Å². The van der Waals surface area contributed by atoms with E-state index in [0.29, 0.717) is 25.3 Å². The standard InChI is InChI=1S/C21H29N3O3/c25-19(23-12-4-1-5-13-23)17-6-8-18(9-7-17)22-20(26)24-14-15-27-21(16-24)10-2-3-11-21/h6-9H,1-5,10-16H2,(H,22,26). The number of benzene rings is 1. The molecule has 1 saturated carbocycles. The minimum absolute atomic E-state index is 0.0836. The topological polar surface area (TPSA) is 61.9 Å². The van der Waals surface area contributed by atoms with Crippen LogP contribution in [0.5, 0.6) is 0 Å². The first-order chi connectivity index (χ1) is 13.2. The van der Waals surface area contributed by atoms with E-state index in [9.17, 15) is 9.59 Å². The predicted octanol–water partition coefficient (Wildman–Crippen LogP) is 3.49. The molecule has 1 N–H and O–H groups in total. The van der Waals surface area contributed by atoms with E-state index < -0.39 is 0 Å². The largest absolute Gasteiger partial charge is 0.371 e. The van der Waals surface area contributed by atoms with Crippen LogP contribution in [-0.2, 0) is 4.74 Å². The fourth-order valence-corrected chi connectivity index (χ4v) is 4.52. The van der Waals surface area contributed by atoms with Gasteiger partial charge in [0.05, 0.1) is 18.8 Å². The van der Waals surface area contributed by atoms with Gasteiger partial charge in [0.2, 0.25) is 0 Å². The van der Waals surface area contributed by atoms with E-state index in [1.54, 1.807) is 0 Å². The molecular weight excluding hydrogens is 342 g/mol. The highest BCUT2D eigenvalue weighted by molar-refractivity contribution is 5.95. The fourth-order valence-electron chi connectivity index (χ4n) is 4.52. The average molecular weight is 371 g/mol. The van der Waals surface area contributed by atoms with Crippen molar-refractivity contribution in [2.24, 2.45) is 0 Å². The number of piperidine rings is 1. The van der Waals surface area contributed by atoms with E-state index in [4.69, 9.17) is 4.74 Å². The molecule has 2 aliphatic heterocycles. The van der Waals surface area contributed by atoms with Gasteiger partial charge in [-0.2, -0.15) is 0 Å². The normalized spacial score (nSPS) is 22.1. The van der Waals surface area contributed by atoms with E-state index in [0.717, 1.165) is 44.5 Å². The number of urea groups is 1. The van der Waals surface area contributed by atoms with Crippen molar-refractivity contribution in [3.8, 4) is 0 Å². The van der Waals surface area contributed by atoms with Gasteiger partial charge < -0.3 is 19.9 Å². The summed E-state index contributed by atoms with van der Waals surface area (Å²) in [4.78, 5) is 29.0. The van der Waals surface area contributed by atoms with Crippen LogP contribution in [0.1, 0.15) is 55.3 Å². The lowest BCUT2D eigenvalue weighted by Gasteiger charge is -2.40. The number of likely N-dealkylation sites (tertiary alicyclic amines) is 1.